The molecule has 2 aromatic carbocycles. The molecule has 0 bridgehead atoms. The van der Waals surface area contributed by atoms with Crippen molar-refractivity contribution in [3.63, 3.8) is 0 Å². The molecule has 1 heterocycles. The van der Waals surface area contributed by atoms with Crippen molar-refractivity contribution in [2.75, 3.05) is 26.2 Å². The number of aryl methyl sites for hydroxylation is 2. The van der Waals surface area contributed by atoms with Crippen molar-refractivity contribution in [1.29, 1.82) is 0 Å². The van der Waals surface area contributed by atoms with Gasteiger partial charge in [0.15, 0.2) is 0 Å². The van der Waals surface area contributed by atoms with Crippen molar-refractivity contribution in [3.8, 4) is 0 Å². The van der Waals surface area contributed by atoms with Crippen LogP contribution in [0.15, 0.2) is 58.3 Å². The summed E-state index contributed by atoms with van der Waals surface area (Å²) in [6, 6.07) is 13.1. The van der Waals surface area contributed by atoms with Gasteiger partial charge in [-0.2, -0.15) is 4.31 Å². The van der Waals surface area contributed by atoms with Crippen LogP contribution in [0.5, 0.6) is 0 Å². The average Bonchev–Trinajstić information content (AvgIpc) is 2.77. The maximum Gasteiger partial charge on any atom is 0.243 e. The Balaban J connectivity index is 1.52. The highest BCUT2D eigenvalue weighted by Gasteiger charge is 2.33. The monoisotopic (exact) mass is 479 g/mol. The summed E-state index contributed by atoms with van der Waals surface area (Å²) in [4.78, 5) is 13.0. The number of nitrogens with one attached hydrogen (secondary N) is 2. The van der Waals surface area contributed by atoms with Gasteiger partial charge in [0.25, 0.3) is 0 Å². The van der Waals surface area contributed by atoms with Gasteiger partial charge >= 0.3 is 0 Å². The molecular weight excluding hydrogens is 450 g/mol. The molecule has 10 heteroatoms. The second kappa shape index (κ2) is 10.1. The van der Waals surface area contributed by atoms with Gasteiger partial charge in [0.05, 0.1) is 15.7 Å². The third kappa shape index (κ3) is 5.94. The van der Waals surface area contributed by atoms with Crippen LogP contribution in [0.25, 0.3) is 0 Å². The molecule has 2 aromatic rings. The van der Waals surface area contributed by atoms with Gasteiger partial charge in [-0.25, -0.2) is 21.6 Å². The van der Waals surface area contributed by atoms with Crippen LogP contribution >= 0.6 is 0 Å². The summed E-state index contributed by atoms with van der Waals surface area (Å²) in [5, 5.41) is 2.72. The van der Waals surface area contributed by atoms with Crippen LogP contribution < -0.4 is 10.0 Å². The maximum absolute atomic E-state index is 12.9. The van der Waals surface area contributed by atoms with E-state index in [4.69, 9.17) is 0 Å². The molecule has 2 N–H and O–H groups in total. The van der Waals surface area contributed by atoms with Gasteiger partial charge in [0.2, 0.25) is 26.0 Å². The minimum absolute atomic E-state index is 0.0417. The smallest absolute Gasteiger partial charge is 0.243 e. The van der Waals surface area contributed by atoms with E-state index in [9.17, 15) is 21.6 Å². The van der Waals surface area contributed by atoms with E-state index in [1.807, 2.05) is 13.8 Å². The maximum atomic E-state index is 12.9. The first kappa shape index (κ1) is 24.4. The quantitative estimate of drug-likeness (QED) is 0.561. The van der Waals surface area contributed by atoms with Gasteiger partial charge in [-0.1, -0.05) is 35.4 Å². The number of carbonyl (C=O) groups excluding carboxylic acids is 1. The summed E-state index contributed by atoms with van der Waals surface area (Å²) in [5.41, 5.74) is 1.93. The zero-order chi connectivity index (χ0) is 23.4. The lowest BCUT2D eigenvalue weighted by molar-refractivity contribution is -0.126. The molecule has 1 aliphatic rings. The molecule has 1 amide bonds. The molecule has 1 atom stereocenters. The first-order valence-corrected chi connectivity index (χ1v) is 13.4. The molecule has 32 heavy (non-hydrogen) atoms. The molecule has 0 unspecified atom stereocenters. The van der Waals surface area contributed by atoms with Gasteiger partial charge in [-0.15, -0.1) is 0 Å². The number of carbonyl (C=O) groups is 1. The third-order valence-corrected chi connectivity index (χ3v) is 8.82. The van der Waals surface area contributed by atoms with Crippen molar-refractivity contribution < 1.29 is 21.6 Å². The van der Waals surface area contributed by atoms with E-state index in [2.05, 4.69) is 10.0 Å². The van der Waals surface area contributed by atoms with Crippen LogP contribution in [0.3, 0.4) is 0 Å². The minimum atomic E-state index is -3.66. The zero-order valence-electron chi connectivity index (χ0n) is 18.2. The van der Waals surface area contributed by atoms with Crippen LogP contribution in [0.4, 0.5) is 0 Å². The van der Waals surface area contributed by atoms with Gasteiger partial charge in [-0.05, 0) is 51.0 Å². The van der Waals surface area contributed by atoms with Crippen LogP contribution in [0.2, 0.25) is 0 Å². The molecule has 0 aliphatic carbocycles. The lowest BCUT2D eigenvalue weighted by atomic mass is 9.99. The number of hydrogen-bond acceptors (Lipinski definition) is 5. The molecule has 174 valence electrons. The van der Waals surface area contributed by atoms with E-state index < -0.39 is 26.0 Å². The Bertz CT molecular complexity index is 1150. The van der Waals surface area contributed by atoms with E-state index in [0.29, 0.717) is 19.4 Å². The second-order valence-electron chi connectivity index (χ2n) is 8.02. The Labute approximate surface area is 190 Å². The molecule has 0 aromatic heterocycles. The number of amides is 1. The minimum Gasteiger partial charge on any atom is -0.355 e. The topological polar surface area (TPSA) is 113 Å². The van der Waals surface area contributed by atoms with Gasteiger partial charge in [0.1, 0.15) is 0 Å². The van der Waals surface area contributed by atoms with Crippen molar-refractivity contribution in [2.45, 2.75) is 36.5 Å². The highest BCUT2D eigenvalue weighted by atomic mass is 32.2. The summed E-state index contributed by atoms with van der Waals surface area (Å²) in [6.45, 7) is 4.40. The Morgan fingerprint density at radius 3 is 2.06 bits per heavy atom. The molecule has 1 fully saturated rings. The van der Waals surface area contributed by atoms with Crippen LogP contribution in [0, 0.1) is 19.8 Å². The molecule has 1 aliphatic heterocycles. The van der Waals surface area contributed by atoms with Gasteiger partial charge < -0.3 is 5.32 Å². The first-order valence-electron chi connectivity index (χ1n) is 10.5. The van der Waals surface area contributed by atoms with Crippen molar-refractivity contribution in [3.05, 3.63) is 59.7 Å². The van der Waals surface area contributed by atoms with E-state index in [1.165, 1.54) is 16.4 Å². The molecule has 0 spiro atoms. The average molecular weight is 480 g/mol. The van der Waals surface area contributed by atoms with E-state index in [1.54, 1.807) is 36.4 Å². The summed E-state index contributed by atoms with van der Waals surface area (Å²) < 4.78 is 54.2. The number of hydrogen-bond donors (Lipinski definition) is 2. The molecule has 0 saturated carbocycles. The Hall–Kier alpha value is -2.27. The summed E-state index contributed by atoms with van der Waals surface area (Å²) in [5.74, 6) is -0.749. The zero-order valence-corrected chi connectivity index (χ0v) is 19.9. The largest absolute Gasteiger partial charge is 0.355 e. The van der Waals surface area contributed by atoms with Gasteiger partial charge in [0, 0.05) is 26.2 Å². The Morgan fingerprint density at radius 2 is 1.47 bits per heavy atom. The standard InChI is InChI=1S/C22H29N3O5S2/c1-17-5-9-20(10-6-17)31(27,28)24-14-13-23-22(26)19-4-3-15-25(16-19)32(29,30)21-11-7-18(2)8-12-21/h5-12,19,24H,3-4,13-16H2,1-2H3,(H,23,26)/t19-/m1/s1. The summed E-state index contributed by atoms with van der Waals surface area (Å²) >= 11 is 0. The van der Waals surface area contributed by atoms with E-state index in [0.717, 1.165) is 11.1 Å². The second-order valence-corrected chi connectivity index (χ2v) is 11.7. The van der Waals surface area contributed by atoms with Crippen LogP contribution in [-0.2, 0) is 24.8 Å². The lowest BCUT2D eigenvalue weighted by Crippen LogP contribution is -2.46. The molecule has 8 nitrogen and oxygen atoms in total. The van der Waals surface area contributed by atoms with E-state index in [-0.39, 0.29) is 35.3 Å². The number of benzene rings is 2. The van der Waals surface area contributed by atoms with Crippen molar-refractivity contribution in [2.24, 2.45) is 5.92 Å². The Morgan fingerprint density at radius 1 is 0.906 bits per heavy atom. The fourth-order valence-corrected chi connectivity index (χ4v) is 6.11. The number of rotatable bonds is 8. The fraction of sp³-hybridized carbons (Fsp3) is 0.409. The number of nitrogens with zero attached hydrogens (tertiary/aromatic N) is 1. The molecule has 1 saturated heterocycles. The summed E-state index contributed by atoms with van der Waals surface area (Å²) in [6.07, 6.45) is 1.17. The number of piperidine rings is 1. The highest BCUT2D eigenvalue weighted by Crippen LogP contribution is 2.24. The Kier molecular flexibility index (Phi) is 7.71. The predicted molar refractivity (Wildman–Crippen MR) is 122 cm³/mol. The highest BCUT2D eigenvalue weighted by molar-refractivity contribution is 7.89. The third-order valence-electron chi connectivity index (χ3n) is 5.46. The van der Waals surface area contributed by atoms with Crippen molar-refractivity contribution >= 4 is 26.0 Å². The van der Waals surface area contributed by atoms with Crippen LogP contribution in [0.1, 0.15) is 24.0 Å². The molecular formula is C22H29N3O5S2. The van der Waals surface area contributed by atoms with Gasteiger partial charge in [-0.3, -0.25) is 4.79 Å². The molecule has 0 radical (unpaired) electrons. The van der Waals surface area contributed by atoms with Crippen molar-refractivity contribution in [1.82, 2.24) is 14.3 Å². The van der Waals surface area contributed by atoms with E-state index >= 15 is 0 Å². The number of sulfonamides is 2. The normalized spacial score (nSPS) is 17.8. The fourth-order valence-electron chi connectivity index (χ4n) is 3.55. The SMILES string of the molecule is Cc1ccc(S(=O)(=O)NCCNC(=O)[C@@H]2CCCN(S(=O)(=O)c3ccc(C)cc3)C2)cc1. The predicted octanol–water partition coefficient (Wildman–Crippen LogP) is 1.80. The molecule has 3 rings (SSSR count). The lowest BCUT2D eigenvalue weighted by Gasteiger charge is -2.31. The summed E-state index contributed by atoms with van der Waals surface area (Å²) in [7, 11) is -7.31. The van der Waals surface area contributed by atoms with Crippen LogP contribution in [-0.4, -0.2) is 53.2 Å². The first-order chi connectivity index (χ1) is 15.1.